The topological polar surface area (TPSA) is 9.23 Å². The van der Waals surface area contributed by atoms with Crippen LogP contribution in [-0.4, -0.2) is 16.6 Å². The Hall–Kier alpha value is 0.394. The smallest absolute Gasteiger partial charge is 0.188 e. The molecule has 2 fully saturated rings. The van der Waals surface area contributed by atoms with Crippen molar-refractivity contribution in [2.75, 3.05) is 0 Å². The summed E-state index contributed by atoms with van der Waals surface area (Å²) in [5.74, 6) is 0. The van der Waals surface area contributed by atoms with Crippen molar-refractivity contribution in [3.8, 4) is 0 Å². The molecule has 0 heterocycles. The van der Waals surface area contributed by atoms with Crippen LogP contribution in [-0.2, 0) is 4.12 Å². The second-order valence-corrected chi connectivity index (χ2v) is 21.5. The van der Waals surface area contributed by atoms with Gasteiger partial charge in [0, 0.05) is 0 Å². The van der Waals surface area contributed by atoms with Crippen LogP contribution in [0.2, 0.25) is 33.2 Å². The number of hydrogen-bond acceptors (Lipinski definition) is 1. The van der Waals surface area contributed by atoms with E-state index in [1.54, 1.807) is 0 Å². The first-order valence-corrected chi connectivity index (χ1v) is 18.8. The lowest BCUT2D eigenvalue weighted by atomic mass is 10.0. The van der Waals surface area contributed by atoms with Gasteiger partial charge in [-0.15, -0.1) is 0 Å². The first-order chi connectivity index (χ1) is 14.8. The van der Waals surface area contributed by atoms with E-state index in [1.165, 1.54) is 89.9 Å². The van der Waals surface area contributed by atoms with Crippen molar-refractivity contribution < 1.29 is 4.12 Å². The predicted octanol–water partition coefficient (Wildman–Crippen LogP) is 10.8. The van der Waals surface area contributed by atoms with Gasteiger partial charge in [-0.2, -0.15) is 0 Å². The third-order valence-electron chi connectivity index (χ3n) is 10.4. The Labute approximate surface area is 199 Å². The summed E-state index contributed by atoms with van der Waals surface area (Å²) in [5, 5.41) is 0. The molecule has 0 saturated heterocycles. The van der Waals surface area contributed by atoms with E-state index in [0.29, 0.717) is 0 Å². The van der Waals surface area contributed by atoms with Gasteiger partial charge >= 0.3 is 0 Å². The zero-order chi connectivity index (χ0) is 23.1. The van der Waals surface area contributed by atoms with Gasteiger partial charge < -0.3 is 4.12 Å². The molecule has 0 aromatic rings. The summed E-state index contributed by atoms with van der Waals surface area (Å²) < 4.78 is 8.39. The lowest BCUT2D eigenvalue weighted by Crippen LogP contribution is -2.63. The minimum atomic E-state index is -1.92. The lowest BCUT2D eigenvalue weighted by Gasteiger charge is -2.58. The van der Waals surface area contributed by atoms with Crippen LogP contribution in [0.4, 0.5) is 0 Å². The van der Waals surface area contributed by atoms with Crippen LogP contribution in [0, 0.1) is 0 Å². The largest absolute Gasteiger partial charge is 0.454 e. The monoisotopic (exact) mass is 466 g/mol. The first kappa shape index (κ1) is 27.6. The molecule has 0 aromatic heterocycles. The van der Waals surface area contributed by atoms with Crippen molar-refractivity contribution in [1.82, 2.24) is 0 Å². The normalized spacial score (nSPS) is 27.1. The Balaban J connectivity index is 2.66. The van der Waals surface area contributed by atoms with Crippen LogP contribution in [0.1, 0.15) is 145 Å². The second kappa shape index (κ2) is 12.7. The summed E-state index contributed by atoms with van der Waals surface area (Å²) >= 11 is 0. The van der Waals surface area contributed by atoms with Crippen LogP contribution in [0.15, 0.2) is 0 Å². The average Bonchev–Trinajstić information content (AvgIpc) is 2.84. The van der Waals surface area contributed by atoms with Crippen LogP contribution in [0.25, 0.3) is 0 Å². The molecule has 31 heavy (non-hydrogen) atoms. The third-order valence-corrected chi connectivity index (χ3v) is 24.7. The van der Waals surface area contributed by atoms with Crippen LogP contribution in [0.5, 0.6) is 0 Å². The maximum Gasteiger partial charge on any atom is 0.188 e. The first-order valence-electron chi connectivity index (χ1n) is 14.5. The molecule has 0 spiro atoms. The molecule has 184 valence electrons. The Morgan fingerprint density at radius 2 is 0.774 bits per heavy atom. The quantitative estimate of drug-likeness (QED) is 0.260. The van der Waals surface area contributed by atoms with Gasteiger partial charge in [0.2, 0.25) is 0 Å². The van der Waals surface area contributed by atoms with Gasteiger partial charge in [-0.3, -0.25) is 0 Å². The maximum atomic E-state index is 8.39. The summed E-state index contributed by atoms with van der Waals surface area (Å²) in [6.07, 6.45) is 19.9. The highest BCUT2D eigenvalue weighted by molar-refractivity contribution is 6.91. The molecule has 2 aliphatic carbocycles. The number of hydrogen-bond donors (Lipinski definition) is 0. The molecule has 4 unspecified atom stereocenters. The molecule has 0 radical (unpaired) electrons. The van der Waals surface area contributed by atoms with E-state index in [4.69, 9.17) is 4.12 Å². The molecule has 2 saturated carbocycles. The highest BCUT2D eigenvalue weighted by Crippen LogP contribution is 2.59. The fraction of sp³-hybridized carbons (Fsp3) is 1.00. The fourth-order valence-electron chi connectivity index (χ4n) is 7.84. The second-order valence-electron chi connectivity index (χ2n) is 11.7. The van der Waals surface area contributed by atoms with Gasteiger partial charge in [-0.25, -0.2) is 0 Å². The molecule has 4 atom stereocenters. The molecular formula is C28H58OSi2. The number of rotatable bonds is 12. The van der Waals surface area contributed by atoms with E-state index in [2.05, 4.69) is 55.4 Å². The van der Waals surface area contributed by atoms with Gasteiger partial charge in [0.25, 0.3) is 0 Å². The van der Waals surface area contributed by atoms with Gasteiger partial charge in [-0.1, -0.05) is 145 Å². The summed E-state index contributed by atoms with van der Waals surface area (Å²) in [4.78, 5) is 0. The van der Waals surface area contributed by atoms with Crippen molar-refractivity contribution in [1.29, 1.82) is 0 Å². The minimum Gasteiger partial charge on any atom is -0.454 e. The van der Waals surface area contributed by atoms with Gasteiger partial charge in [-0.05, 0) is 33.2 Å². The SMILES string of the molecule is CCC(C)[Si](O[Si](C(C)CC)(C(C)CC)C1CCCCC1)(C(C)CC)C1CCCCC1. The van der Waals surface area contributed by atoms with E-state index in [9.17, 15) is 0 Å². The molecule has 1 nitrogen and oxygen atoms in total. The van der Waals surface area contributed by atoms with Crippen molar-refractivity contribution >= 4 is 16.6 Å². The van der Waals surface area contributed by atoms with Crippen LogP contribution >= 0.6 is 0 Å². The zero-order valence-corrected chi connectivity index (χ0v) is 24.8. The van der Waals surface area contributed by atoms with E-state index < -0.39 is 16.6 Å². The molecule has 0 amide bonds. The highest BCUT2D eigenvalue weighted by Gasteiger charge is 2.59. The van der Waals surface area contributed by atoms with E-state index in [-0.39, 0.29) is 0 Å². The molecule has 2 aliphatic rings. The predicted molar refractivity (Wildman–Crippen MR) is 145 cm³/mol. The van der Waals surface area contributed by atoms with Crippen molar-refractivity contribution in [2.24, 2.45) is 0 Å². The molecule has 3 heteroatoms. The molecule has 0 aromatic carbocycles. The summed E-state index contributed by atoms with van der Waals surface area (Å²) in [6, 6.07) is 0. The van der Waals surface area contributed by atoms with Gasteiger partial charge in [0.05, 0.1) is 0 Å². The van der Waals surface area contributed by atoms with Crippen LogP contribution in [0.3, 0.4) is 0 Å². The minimum absolute atomic E-state index is 0.800. The molecule has 0 aliphatic heterocycles. The third kappa shape index (κ3) is 5.56. The Morgan fingerprint density at radius 1 is 0.516 bits per heavy atom. The van der Waals surface area contributed by atoms with Gasteiger partial charge in [0.15, 0.2) is 16.6 Å². The van der Waals surface area contributed by atoms with E-state index >= 15 is 0 Å². The van der Waals surface area contributed by atoms with Crippen molar-refractivity contribution in [3.05, 3.63) is 0 Å². The van der Waals surface area contributed by atoms with Crippen molar-refractivity contribution in [3.63, 3.8) is 0 Å². The highest BCUT2D eigenvalue weighted by atomic mass is 28.4. The summed E-state index contributed by atoms with van der Waals surface area (Å²) in [7, 11) is -3.83. The lowest BCUT2D eigenvalue weighted by molar-refractivity contribution is 0.346. The standard InChI is InChI=1S/C28H58OSi2/c1-9-23(5)30(24(6)10-2,27-19-15-13-16-20-27)29-31(25(7)11-3,26(8)12-4)28-21-17-14-18-22-28/h23-28H,9-22H2,1-8H3. The molecule has 0 bridgehead atoms. The Morgan fingerprint density at radius 3 is 1.00 bits per heavy atom. The van der Waals surface area contributed by atoms with Crippen molar-refractivity contribution in [2.45, 2.75) is 179 Å². The fourth-order valence-corrected chi connectivity index (χ4v) is 25.2. The molecular weight excluding hydrogens is 408 g/mol. The average molecular weight is 467 g/mol. The molecule has 2 rings (SSSR count). The van der Waals surface area contributed by atoms with Crippen LogP contribution < -0.4 is 0 Å². The maximum absolute atomic E-state index is 8.39. The Bertz CT molecular complexity index is 431. The zero-order valence-electron chi connectivity index (χ0n) is 22.8. The summed E-state index contributed by atoms with van der Waals surface area (Å²) in [5.41, 5.74) is 5.02. The Kier molecular flexibility index (Phi) is 11.4. The summed E-state index contributed by atoms with van der Waals surface area (Å²) in [6.45, 7) is 20.4. The van der Waals surface area contributed by atoms with Gasteiger partial charge in [0.1, 0.15) is 0 Å². The molecule has 0 N–H and O–H groups in total. The van der Waals surface area contributed by atoms with E-state index in [1.807, 2.05) is 0 Å². The van der Waals surface area contributed by atoms with E-state index in [0.717, 1.165) is 33.2 Å².